The topological polar surface area (TPSA) is 9.23 Å². The number of rotatable bonds is 0. The van der Waals surface area contributed by atoms with E-state index in [1.807, 2.05) is 0 Å². The van der Waals surface area contributed by atoms with Crippen LogP contribution in [0.1, 0.15) is 30.4 Å². The molecule has 1 aromatic carbocycles. The summed E-state index contributed by atoms with van der Waals surface area (Å²) >= 11 is 0. The van der Waals surface area contributed by atoms with Crippen LogP contribution in [-0.2, 0) is 0 Å². The Morgan fingerprint density at radius 2 is 2.19 bits per heavy atom. The van der Waals surface area contributed by atoms with Crippen LogP contribution in [0, 0.1) is 12.8 Å². The van der Waals surface area contributed by atoms with Gasteiger partial charge in [-0.1, -0.05) is 37.3 Å². The number of hydrogen-bond acceptors (Lipinski definition) is 1. The van der Waals surface area contributed by atoms with Crippen molar-refractivity contribution in [1.29, 1.82) is 0 Å². The zero-order valence-electron chi connectivity index (χ0n) is 9.73. The maximum atomic E-state index is 6.01. The molecule has 2 unspecified atom stereocenters. The molecule has 2 atom stereocenters. The number of hydrogen-bond donors (Lipinski definition) is 0. The fraction of sp³-hybridized carbons (Fsp3) is 0.333. The van der Waals surface area contributed by atoms with Gasteiger partial charge in [0, 0.05) is 5.56 Å². The normalized spacial score (nSPS) is 26.5. The van der Waals surface area contributed by atoms with Gasteiger partial charge in [0.2, 0.25) is 0 Å². The molecule has 0 bridgehead atoms. The van der Waals surface area contributed by atoms with E-state index in [9.17, 15) is 0 Å². The molecule has 0 amide bonds. The largest absolute Gasteiger partial charge is 0.461 e. The minimum atomic E-state index is 0.425. The molecular weight excluding hydrogens is 196 g/mol. The van der Waals surface area contributed by atoms with Crippen LogP contribution in [-0.4, -0.2) is 0 Å². The van der Waals surface area contributed by atoms with Gasteiger partial charge in [-0.25, -0.2) is 0 Å². The Labute approximate surface area is 96.4 Å². The summed E-state index contributed by atoms with van der Waals surface area (Å²) in [7, 11) is 0. The van der Waals surface area contributed by atoms with Crippen LogP contribution >= 0.6 is 0 Å². The molecule has 0 N–H and O–H groups in total. The van der Waals surface area contributed by atoms with E-state index in [1.54, 1.807) is 0 Å². The number of para-hydroxylation sites is 1. The van der Waals surface area contributed by atoms with Gasteiger partial charge in [-0.05, 0) is 30.9 Å². The molecule has 0 aromatic heterocycles. The lowest BCUT2D eigenvalue weighted by Gasteiger charge is -2.14. The average molecular weight is 212 g/mol. The van der Waals surface area contributed by atoms with Crippen LogP contribution in [0.3, 0.4) is 0 Å². The van der Waals surface area contributed by atoms with E-state index in [0.717, 1.165) is 17.9 Å². The molecular formula is C15H16O. The van der Waals surface area contributed by atoms with Crippen LogP contribution in [0.5, 0.6) is 5.75 Å². The monoisotopic (exact) mass is 212 g/mol. The second-order valence-electron chi connectivity index (χ2n) is 4.70. The highest BCUT2D eigenvalue weighted by Gasteiger charge is 2.33. The summed E-state index contributed by atoms with van der Waals surface area (Å²) in [4.78, 5) is 0. The number of fused-ring (bicyclic) bond motifs is 3. The molecule has 1 aliphatic carbocycles. The molecule has 2 aliphatic rings. The Morgan fingerprint density at radius 3 is 3.06 bits per heavy atom. The zero-order valence-corrected chi connectivity index (χ0v) is 9.73. The highest BCUT2D eigenvalue weighted by atomic mass is 16.5. The molecule has 0 radical (unpaired) electrons. The summed E-state index contributed by atoms with van der Waals surface area (Å²) in [5.74, 6) is 3.17. The van der Waals surface area contributed by atoms with E-state index in [1.165, 1.54) is 11.1 Å². The molecule has 3 rings (SSSR count). The van der Waals surface area contributed by atoms with E-state index in [2.05, 4.69) is 50.3 Å². The second-order valence-corrected chi connectivity index (χ2v) is 4.70. The Balaban J connectivity index is 2.15. The summed E-state index contributed by atoms with van der Waals surface area (Å²) in [5, 5.41) is 0. The second kappa shape index (κ2) is 3.51. The van der Waals surface area contributed by atoms with Gasteiger partial charge in [-0.15, -0.1) is 0 Å². The van der Waals surface area contributed by atoms with E-state index in [4.69, 9.17) is 4.74 Å². The van der Waals surface area contributed by atoms with Gasteiger partial charge in [0.15, 0.2) is 0 Å². The first-order chi connectivity index (χ1) is 7.77. The summed E-state index contributed by atoms with van der Waals surface area (Å²) in [6.45, 7) is 4.38. The highest BCUT2D eigenvalue weighted by Crippen LogP contribution is 2.47. The molecule has 0 fully saturated rings. The van der Waals surface area contributed by atoms with Crippen LogP contribution in [0.15, 0.2) is 42.2 Å². The average Bonchev–Trinajstić information content (AvgIpc) is 2.55. The molecule has 0 spiro atoms. The van der Waals surface area contributed by atoms with Crippen molar-refractivity contribution in [1.82, 2.24) is 0 Å². The minimum absolute atomic E-state index is 0.425. The third kappa shape index (κ3) is 1.31. The van der Waals surface area contributed by atoms with Gasteiger partial charge >= 0.3 is 0 Å². The van der Waals surface area contributed by atoms with Crippen molar-refractivity contribution < 1.29 is 4.74 Å². The van der Waals surface area contributed by atoms with Gasteiger partial charge in [0.25, 0.3) is 0 Å². The van der Waals surface area contributed by atoms with Crippen molar-refractivity contribution in [3.05, 3.63) is 53.3 Å². The standard InChI is InChI=1S/C15H16O/c1-10-6-3-4-9-13-14(10)12-8-5-7-11(2)15(12)16-13/h3,5-10,14H,4H2,1-2H3. The van der Waals surface area contributed by atoms with E-state index in [0.29, 0.717) is 11.8 Å². The molecule has 1 aliphatic heterocycles. The third-order valence-corrected chi connectivity index (χ3v) is 3.52. The zero-order chi connectivity index (χ0) is 11.1. The Kier molecular flexibility index (Phi) is 2.13. The fourth-order valence-electron chi connectivity index (χ4n) is 2.69. The summed E-state index contributed by atoms with van der Waals surface area (Å²) in [6.07, 6.45) is 7.73. The van der Waals surface area contributed by atoms with Crippen molar-refractivity contribution in [2.24, 2.45) is 5.92 Å². The maximum absolute atomic E-state index is 6.01. The van der Waals surface area contributed by atoms with E-state index >= 15 is 0 Å². The minimum Gasteiger partial charge on any atom is -0.461 e. The molecule has 16 heavy (non-hydrogen) atoms. The first kappa shape index (κ1) is 9.71. The summed E-state index contributed by atoms with van der Waals surface area (Å²) in [5.41, 5.74) is 2.59. The highest BCUT2D eigenvalue weighted by molar-refractivity contribution is 5.52. The molecule has 0 saturated heterocycles. The number of aryl methyl sites for hydroxylation is 1. The van der Waals surface area contributed by atoms with E-state index in [-0.39, 0.29) is 0 Å². The molecule has 1 aromatic rings. The molecule has 1 heterocycles. The quantitative estimate of drug-likeness (QED) is 0.592. The Morgan fingerprint density at radius 1 is 1.31 bits per heavy atom. The SMILES string of the molecule is Cc1cccc2c1OC1=CCC=CC(C)C12. The van der Waals surface area contributed by atoms with Crippen molar-refractivity contribution in [3.63, 3.8) is 0 Å². The van der Waals surface area contributed by atoms with Gasteiger partial charge in [0.05, 0.1) is 5.92 Å². The van der Waals surface area contributed by atoms with Crippen molar-refractivity contribution in [3.8, 4) is 5.75 Å². The number of allylic oxidation sites excluding steroid dienone is 4. The lowest BCUT2D eigenvalue weighted by molar-refractivity contribution is 0.406. The van der Waals surface area contributed by atoms with Gasteiger partial charge in [-0.2, -0.15) is 0 Å². The van der Waals surface area contributed by atoms with Crippen LogP contribution in [0.2, 0.25) is 0 Å². The van der Waals surface area contributed by atoms with Gasteiger partial charge < -0.3 is 4.74 Å². The van der Waals surface area contributed by atoms with E-state index < -0.39 is 0 Å². The molecule has 82 valence electrons. The molecule has 1 nitrogen and oxygen atoms in total. The first-order valence-corrected chi connectivity index (χ1v) is 5.91. The summed E-state index contributed by atoms with van der Waals surface area (Å²) < 4.78 is 6.01. The predicted molar refractivity (Wildman–Crippen MR) is 65.6 cm³/mol. The lowest BCUT2D eigenvalue weighted by atomic mass is 9.87. The van der Waals surface area contributed by atoms with Crippen molar-refractivity contribution >= 4 is 0 Å². The Hall–Kier alpha value is -1.50. The van der Waals surface area contributed by atoms with Crippen LogP contribution in [0.4, 0.5) is 0 Å². The first-order valence-electron chi connectivity index (χ1n) is 5.91. The van der Waals surface area contributed by atoms with Crippen molar-refractivity contribution in [2.75, 3.05) is 0 Å². The Bertz CT molecular complexity index is 482. The number of ether oxygens (including phenoxy) is 1. The fourth-order valence-corrected chi connectivity index (χ4v) is 2.69. The van der Waals surface area contributed by atoms with Crippen LogP contribution < -0.4 is 4.74 Å². The molecule has 1 heteroatoms. The lowest BCUT2D eigenvalue weighted by Crippen LogP contribution is -2.06. The summed E-state index contributed by atoms with van der Waals surface area (Å²) in [6, 6.07) is 6.44. The predicted octanol–water partition coefficient (Wildman–Crippen LogP) is 3.95. The van der Waals surface area contributed by atoms with Gasteiger partial charge in [0.1, 0.15) is 11.5 Å². The van der Waals surface area contributed by atoms with Gasteiger partial charge in [-0.3, -0.25) is 0 Å². The maximum Gasteiger partial charge on any atom is 0.133 e. The third-order valence-electron chi connectivity index (χ3n) is 3.52. The van der Waals surface area contributed by atoms with Crippen molar-refractivity contribution in [2.45, 2.75) is 26.2 Å². The molecule has 0 saturated carbocycles. The number of benzene rings is 1. The smallest absolute Gasteiger partial charge is 0.133 e. The van der Waals surface area contributed by atoms with Crippen LogP contribution in [0.25, 0.3) is 0 Å².